The zero-order chi connectivity index (χ0) is 35.6. The standard InChI is InChI=1S/C39H33ClF3N9/c40-33-19-46-34(39(41,42)43)17-26(33)15-25-5-6-30-29-4-2-1-3-24(29)16-32(30)36(25)50-13-8-28(9-14-50)51-21-38(22-51,10-11-44)52-20-27(18-49-52)35-31-7-12-45-37(31)48-23-47-35/h1-7,12,17-20,23,28H,8-10,13-16,21-22H2,(H,45,47,48). The summed E-state index contributed by atoms with van der Waals surface area (Å²) in [5.41, 5.74) is 8.39. The molecule has 262 valence electrons. The molecular weight excluding hydrogens is 687 g/mol. The van der Waals surface area contributed by atoms with Crippen LogP contribution in [-0.2, 0) is 24.6 Å². The number of anilines is 1. The highest BCUT2D eigenvalue weighted by Gasteiger charge is 2.48. The number of aromatic nitrogens is 6. The van der Waals surface area contributed by atoms with Gasteiger partial charge in [-0.05, 0) is 58.4 Å². The van der Waals surface area contributed by atoms with Crippen LogP contribution in [0.1, 0.15) is 47.2 Å². The fourth-order valence-corrected chi connectivity index (χ4v) is 8.64. The average Bonchev–Trinajstić information content (AvgIpc) is 3.89. The van der Waals surface area contributed by atoms with Gasteiger partial charge in [0.25, 0.3) is 0 Å². The minimum Gasteiger partial charge on any atom is -0.371 e. The molecule has 6 aromatic rings. The van der Waals surface area contributed by atoms with Crippen molar-refractivity contribution in [2.45, 2.75) is 49.9 Å². The van der Waals surface area contributed by atoms with Gasteiger partial charge in [0, 0.05) is 80.3 Å². The summed E-state index contributed by atoms with van der Waals surface area (Å²) in [6, 6.07) is 18.3. The molecule has 13 heteroatoms. The number of piperidine rings is 1. The molecular formula is C39H33ClF3N9. The summed E-state index contributed by atoms with van der Waals surface area (Å²) in [6.07, 6.45) is 6.96. The number of benzene rings is 2. The van der Waals surface area contributed by atoms with Crippen LogP contribution < -0.4 is 4.90 Å². The third-order valence-electron chi connectivity index (χ3n) is 11.0. The Labute approximate surface area is 302 Å². The van der Waals surface area contributed by atoms with Gasteiger partial charge < -0.3 is 9.88 Å². The SMILES string of the molecule is N#CCC1(n2cc(-c3ncnc4[nH]ccc34)cn2)CN(C2CCN(c3c(Cc4cc(C(F)(F)F)ncc4Cl)ccc4c3Cc3ccccc3-4)CC2)C1. The number of likely N-dealkylation sites (tertiary alicyclic amines) is 1. The fraction of sp³-hybridized carbons (Fsp3) is 0.308. The molecule has 2 aliphatic heterocycles. The molecule has 1 N–H and O–H groups in total. The molecule has 2 fully saturated rings. The lowest BCUT2D eigenvalue weighted by Gasteiger charge is -2.54. The van der Waals surface area contributed by atoms with E-state index in [4.69, 9.17) is 16.7 Å². The number of pyridine rings is 1. The first-order valence-corrected chi connectivity index (χ1v) is 17.7. The molecule has 0 bridgehead atoms. The predicted molar refractivity (Wildman–Crippen MR) is 192 cm³/mol. The Hall–Kier alpha value is -5.25. The number of hydrogen-bond donors (Lipinski definition) is 1. The van der Waals surface area contributed by atoms with Gasteiger partial charge in [-0.1, -0.05) is 48.0 Å². The number of halogens is 4. The van der Waals surface area contributed by atoms with Gasteiger partial charge in [-0.2, -0.15) is 23.5 Å². The van der Waals surface area contributed by atoms with Crippen molar-refractivity contribution in [2.24, 2.45) is 0 Å². The molecule has 0 saturated carbocycles. The Morgan fingerprint density at radius 1 is 0.981 bits per heavy atom. The number of alkyl halides is 3. The van der Waals surface area contributed by atoms with Gasteiger partial charge in [-0.3, -0.25) is 14.6 Å². The lowest BCUT2D eigenvalue weighted by atomic mass is 9.83. The van der Waals surface area contributed by atoms with Gasteiger partial charge in [-0.15, -0.1) is 0 Å². The van der Waals surface area contributed by atoms with E-state index in [1.165, 1.54) is 28.6 Å². The van der Waals surface area contributed by atoms with E-state index in [-0.39, 0.29) is 11.4 Å². The average molecular weight is 720 g/mol. The third kappa shape index (κ3) is 5.50. The number of fused-ring (bicyclic) bond motifs is 4. The minimum atomic E-state index is -4.56. The number of hydrogen-bond acceptors (Lipinski definition) is 7. The summed E-state index contributed by atoms with van der Waals surface area (Å²) < 4.78 is 42.8. The van der Waals surface area contributed by atoms with Crippen molar-refractivity contribution < 1.29 is 13.2 Å². The van der Waals surface area contributed by atoms with Crippen molar-refractivity contribution >= 4 is 28.3 Å². The maximum Gasteiger partial charge on any atom is 0.433 e. The van der Waals surface area contributed by atoms with Crippen molar-refractivity contribution in [1.29, 1.82) is 5.26 Å². The second-order valence-electron chi connectivity index (χ2n) is 14.1. The van der Waals surface area contributed by atoms with E-state index in [1.807, 2.05) is 41.5 Å². The quantitative estimate of drug-likeness (QED) is 0.181. The van der Waals surface area contributed by atoms with E-state index in [2.05, 4.69) is 60.1 Å². The Balaban J connectivity index is 0.954. The van der Waals surface area contributed by atoms with Crippen LogP contribution in [0.3, 0.4) is 0 Å². The van der Waals surface area contributed by atoms with Crippen LogP contribution in [0.4, 0.5) is 18.9 Å². The Morgan fingerprint density at radius 2 is 1.81 bits per heavy atom. The summed E-state index contributed by atoms with van der Waals surface area (Å²) in [5.74, 6) is 0. The molecule has 0 radical (unpaired) electrons. The molecule has 9 nitrogen and oxygen atoms in total. The molecule has 2 saturated heterocycles. The molecule has 4 aromatic heterocycles. The zero-order valence-corrected chi connectivity index (χ0v) is 28.8. The van der Waals surface area contributed by atoms with Crippen LogP contribution in [0.25, 0.3) is 33.4 Å². The number of H-pyrrole nitrogens is 1. The molecule has 52 heavy (non-hydrogen) atoms. The molecule has 0 unspecified atom stereocenters. The second-order valence-corrected chi connectivity index (χ2v) is 14.5. The zero-order valence-electron chi connectivity index (χ0n) is 28.0. The molecule has 0 amide bonds. The molecule has 0 spiro atoms. The first-order valence-electron chi connectivity index (χ1n) is 17.3. The van der Waals surface area contributed by atoms with Crippen LogP contribution in [0.5, 0.6) is 0 Å². The van der Waals surface area contributed by atoms with E-state index in [1.54, 1.807) is 0 Å². The maximum atomic E-state index is 13.6. The van der Waals surface area contributed by atoms with E-state index in [0.717, 1.165) is 91.2 Å². The largest absolute Gasteiger partial charge is 0.433 e. The summed E-state index contributed by atoms with van der Waals surface area (Å²) in [4.78, 5) is 20.4. The summed E-state index contributed by atoms with van der Waals surface area (Å²) >= 11 is 6.46. The molecule has 6 heterocycles. The van der Waals surface area contributed by atoms with Crippen molar-refractivity contribution in [3.05, 3.63) is 113 Å². The number of nitriles is 1. The predicted octanol–water partition coefficient (Wildman–Crippen LogP) is 7.64. The van der Waals surface area contributed by atoms with Crippen molar-refractivity contribution in [1.82, 2.24) is 34.6 Å². The van der Waals surface area contributed by atoms with Gasteiger partial charge in [0.05, 0.1) is 29.4 Å². The van der Waals surface area contributed by atoms with Crippen molar-refractivity contribution in [3.8, 4) is 28.5 Å². The van der Waals surface area contributed by atoms with Crippen LogP contribution in [-0.4, -0.2) is 66.8 Å². The van der Waals surface area contributed by atoms with Crippen LogP contribution in [0.15, 0.2) is 79.6 Å². The first-order chi connectivity index (χ1) is 25.2. The first kappa shape index (κ1) is 32.6. The van der Waals surface area contributed by atoms with E-state index in [0.29, 0.717) is 18.0 Å². The second kappa shape index (κ2) is 12.5. The van der Waals surface area contributed by atoms with Crippen molar-refractivity contribution in [2.75, 3.05) is 31.1 Å². The van der Waals surface area contributed by atoms with Gasteiger partial charge in [0.15, 0.2) is 0 Å². The van der Waals surface area contributed by atoms with Gasteiger partial charge in [0.1, 0.15) is 23.2 Å². The molecule has 3 aliphatic rings. The smallest absolute Gasteiger partial charge is 0.371 e. The van der Waals surface area contributed by atoms with E-state index >= 15 is 0 Å². The highest BCUT2D eigenvalue weighted by atomic mass is 35.5. The number of nitrogens with one attached hydrogen (secondary N) is 1. The normalized spacial score (nSPS) is 17.2. The van der Waals surface area contributed by atoms with E-state index in [9.17, 15) is 18.4 Å². The Bertz CT molecular complexity index is 2360. The van der Waals surface area contributed by atoms with Gasteiger partial charge in [-0.25, -0.2) is 9.97 Å². The summed E-state index contributed by atoms with van der Waals surface area (Å²) in [7, 11) is 0. The fourth-order valence-electron chi connectivity index (χ4n) is 8.47. The number of aromatic amines is 1. The molecule has 0 atom stereocenters. The highest BCUT2D eigenvalue weighted by molar-refractivity contribution is 6.31. The Kier molecular flexibility index (Phi) is 7.82. The number of nitrogens with zero attached hydrogens (tertiary/aromatic N) is 8. The number of rotatable bonds is 7. The summed E-state index contributed by atoms with van der Waals surface area (Å²) in [5, 5.41) is 15.7. The summed E-state index contributed by atoms with van der Waals surface area (Å²) in [6.45, 7) is 3.05. The van der Waals surface area contributed by atoms with Gasteiger partial charge >= 0.3 is 6.18 Å². The molecule has 1 aliphatic carbocycles. The van der Waals surface area contributed by atoms with Crippen LogP contribution in [0, 0.1) is 11.3 Å². The van der Waals surface area contributed by atoms with Crippen molar-refractivity contribution in [3.63, 3.8) is 0 Å². The molecule has 2 aromatic carbocycles. The lowest BCUT2D eigenvalue weighted by Crippen LogP contribution is -2.66. The third-order valence-corrected chi connectivity index (χ3v) is 11.4. The Morgan fingerprint density at radius 3 is 2.62 bits per heavy atom. The monoisotopic (exact) mass is 719 g/mol. The minimum absolute atomic E-state index is 0.221. The van der Waals surface area contributed by atoms with Crippen LogP contribution >= 0.6 is 11.6 Å². The van der Waals surface area contributed by atoms with E-state index < -0.39 is 17.4 Å². The van der Waals surface area contributed by atoms with Gasteiger partial charge in [0.2, 0.25) is 0 Å². The van der Waals surface area contributed by atoms with Crippen LogP contribution in [0.2, 0.25) is 5.02 Å². The maximum absolute atomic E-state index is 13.6. The topological polar surface area (TPSA) is 103 Å². The molecule has 9 rings (SSSR count). The lowest BCUT2D eigenvalue weighted by molar-refractivity contribution is -0.141. The highest BCUT2D eigenvalue weighted by Crippen LogP contribution is 2.45.